The number of piperidine rings is 1. The fourth-order valence-corrected chi connectivity index (χ4v) is 2.62. The van der Waals surface area contributed by atoms with Gasteiger partial charge in [0.15, 0.2) is 0 Å². The highest BCUT2D eigenvalue weighted by atomic mass is 16.6. The van der Waals surface area contributed by atoms with Gasteiger partial charge in [-0.2, -0.15) is 0 Å². The largest absolute Gasteiger partial charge is 0.444 e. The number of amides is 2. The Hall–Kier alpha value is -2.10. The molecule has 0 aliphatic carbocycles. The van der Waals surface area contributed by atoms with Crippen LogP contribution in [0.3, 0.4) is 0 Å². The summed E-state index contributed by atoms with van der Waals surface area (Å²) in [5.41, 5.74) is 0.919. The number of ether oxygens (including phenoxy) is 1. The Bertz CT molecular complexity index is 539. The minimum Gasteiger partial charge on any atom is -0.444 e. The van der Waals surface area contributed by atoms with E-state index in [0.29, 0.717) is 13.0 Å². The second-order valence-corrected chi connectivity index (χ2v) is 5.91. The maximum Gasteiger partial charge on any atom is 0.416 e. The Morgan fingerprint density at radius 1 is 1.35 bits per heavy atom. The first-order valence-corrected chi connectivity index (χ1v) is 8.38. The van der Waals surface area contributed by atoms with Crippen LogP contribution in [0.4, 0.5) is 4.79 Å². The lowest BCUT2D eigenvalue weighted by atomic mass is 9.95. The Balaban J connectivity index is 1.77. The van der Waals surface area contributed by atoms with Crippen molar-refractivity contribution in [1.82, 2.24) is 4.90 Å². The summed E-state index contributed by atoms with van der Waals surface area (Å²) >= 11 is 0. The topological polar surface area (TPSA) is 46.6 Å². The zero-order chi connectivity index (χ0) is 16.5. The van der Waals surface area contributed by atoms with Crippen molar-refractivity contribution in [3.05, 3.63) is 48.0 Å². The van der Waals surface area contributed by atoms with Gasteiger partial charge in [0.25, 0.3) is 0 Å². The third kappa shape index (κ3) is 5.55. The summed E-state index contributed by atoms with van der Waals surface area (Å²) in [5, 5.41) is 0. The van der Waals surface area contributed by atoms with Crippen LogP contribution >= 0.6 is 0 Å². The summed E-state index contributed by atoms with van der Waals surface area (Å²) in [7, 11) is 0. The minimum absolute atomic E-state index is 0.139. The number of nitrogens with zero attached hydrogens (tertiary/aromatic N) is 1. The fourth-order valence-electron chi connectivity index (χ4n) is 2.62. The normalized spacial score (nSPS) is 18.4. The van der Waals surface area contributed by atoms with Gasteiger partial charge in [-0.05, 0) is 24.3 Å². The van der Waals surface area contributed by atoms with Gasteiger partial charge in [0.2, 0.25) is 5.91 Å². The summed E-state index contributed by atoms with van der Waals surface area (Å²) in [6.45, 7) is 2.80. The smallest absolute Gasteiger partial charge is 0.416 e. The van der Waals surface area contributed by atoms with Gasteiger partial charge in [-0.25, -0.2) is 9.69 Å². The lowest BCUT2D eigenvalue weighted by Gasteiger charge is -2.28. The van der Waals surface area contributed by atoms with Crippen LogP contribution in [0.5, 0.6) is 0 Å². The van der Waals surface area contributed by atoms with Crippen LogP contribution in [0.25, 0.3) is 0 Å². The predicted molar refractivity (Wildman–Crippen MR) is 89.7 cm³/mol. The van der Waals surface area contributed by atoms with Crippen molar-refractivity contribution in [2.24, 2.45) is 5.92 Å². The van der Waals surface area contributed by atoms with Crippen molar-refractivity contribution >= 4 is 12.0 Å². The second-order valence-electron chi connectivity index (χ2n) is 5.91. The molecule has 124 valence electrons. The number of unbranched alkanes of at least 4 members (excludes halogenated alkanes) is 2. The molecule has 1 aliphatic heterocycles. The molecule has 0 saturated carbocycles. The van der Waals surface area contributed by atoms with Crippen LogP contribution in [-0.2, 0) is 16.1 Å². The predicted octanol–water partition coefficient (Wildman–Crippen LogP) is 4.31. The number of benzene rings is 1. The monoisotopic (exact) mass is 315 g/mol. The Labute approximate surface area is 138 Å². The molecule has 1 saturated heterocycles. The molecule has 0 bridgehead atoms. The van der Waals surface area contributed by atoms with E-state index in [2.05, 4.69) is 19.1 Å². The molecule has 1 aliphatic rings. The number of allylic oxidation sites excluding steroid dienone is 2. The van der Waals surface area contributed by atoms with Gasteiger partial charge in [-0.3, -0.25) is 4.79 Å². The molecule has 4 heteroatoms. The van der Waals surface area contributed by atoms with Crippen LogP contribution < -0.4 is 0 Å². The first-order valence-electron chi connectivity index (χ1n) is 8.38. The highest BCUT2D eigenvalue weighted by Crippen LogP contribution is 2.21. The third-order valence-electron chi connectivity index (χ3n) is 4.02. The van der Waals surface area contributed by atoms with E-state index in [9.17, 15) is 9.59 Å². The number of carbonyl (C=O) groups excluding carboxylic acids is 2. The number of hydrogen-bond acceptors (Lipinski definition) is 3. The highest BCUT2D eigenvalue weighted by molar-refractivity contribution is 5.92. The minimum atomic E-state index is -0.535. The summed E-state index contributed by atoms with van der Waals surface area (Å²) in [5.74, 6) is 0.108. The van der Waals surface area contributed by atoms with Crippen LogP contribution in [0, 0.1) is 5.92 Å². The number of hydrogen-bond donors (Lipinski definition) is 0. The highest BCUT2D eigenvalue weighted by Gasteiger charge is 2.29. The average molecular weight is 315 g/mol. The quantitative estimate of drug-likeness (QED) is 0.580. The van der Waals surface area contributed by atoms with Crippen LogP contribution in [0.15, 0.2) is 42.5 Å². The van der Waals surface area contributed by atoms with Gasteiger partial charge in [-0.15, -0.1) is 0 Å². The molecule has 1 aromatic rings. The van der Waals surface area contributed by atoms with E-state index in [4.69, 9.17) is 4.74 Å². The summed E-state index contributed by atoms with van der Waals surface area (Å²) < 4.78 is 5.23. The lowest BCUT2D eigenvalue weighted by Crippen LogP contribution is -2.42. The Morgan fingerprint density at radius 3 is 2.83 bits per heavy atom. The van der Waals surface area contributed by atoms with Crippen molar-refractivity contribution in [3.63, 3.8) is 0 Å². The van der Waals surface area contributed by atoms with Crippen molar-refractivity contribution < 1.29 is 14.3 Å². The molecule has 1 unspecified atom stereocenters. The molecule has 1 heterocycles. The van der Waals surface area contributed by atoms with Crippen molar-refractivity contribution in [2.45, 2.75) is 45.6 Å². The standard InChI is InChI=1S/C19H25NO3/c1-2-3-4-6-9-16-12-13-20(18(21)14-16)19(22)23-15-17-10-7-5-8-11-17/h5-11,16H,2-4,12-15H2,1H3/b9-6+. The number of imide groups is 1. The number of likely N-dealkylation sites (tertiary alicyclic amines) is 1. The molecule has 1 atom stereocenters. The molecule has 2 rings (SSSR count). The molecule has 1 fully saturated rings. The van der Waals surface area contributed by atoms with Crippen molar-refractivity contribution in [2.75, 3.05) is 6.54 Å². The van der Waals surface area contributed by atoms with Gasteiger partial charge < -0.3 is 4.74 Å². The fraction of sp³-hybridized carbons (Fsp3) is 0.474. The van der Waals surface area contributed by atoms with Crippen molar-refractivity contribution in [1.29, 1.82) is 0 Å². The zero-order valence-corrected chi connectivity index (χ0v) is 13.7. The maximum atomic E-state index is 12.1. The molecular weight excluding hydrogens is 290 g/mol. The molecule has 0 spiro atoms. The van der Waals surface area contributed by atoms with Gasteiger partial charge in [0.1, 0.15) is 6.61 Å². The molecule has 0 aromatic heterocycles. The van der Waals surface area contributed by atoms with Gasteiger partial charge in [0.05, 0.1) is 0 Å². The molecular formula is C19H25NO3. The van der Waals surface area contributed by atoms with E-state index in [-0.39, 0.29) is 18.4 Å². The van der Waals surface area contributed by atoms with E-state index >= 15 is 0 Å². The van der Waals surface area contributed by atoms with E-state index in [1.807, 2.05) is 30.3 Å². The maximum absolute atomic E-state index is 12.1. The number of carbonyl (C=O) groups is 2. The summed E-state index contributed by atoms with van der Waals surface area (Å²) in [4.78, 5) is 25.4. The van der Waals surface area contributed by atoms with Gasteiger partial charge >= 0.3 is 6.09 Å². The first kappa shape index (κ1) is 17.3. The first-order chi connectivity index (χ1) is 11.2. The molecule has 0 N–H and O–H groups in total. The molecule has 4 nitrogen and oxygen atoms in total. The summed E-state index contributed by atoms with van der Waals surface area (Å²) in [6.07, 6.45) is 8.36. The van der Waals surface area contributed by atoms with Gasteiger partial charge in [0, 0.05) is 13.0 Å². The average Bonchev–Trinajstić information content (AvgIpc) is 2.58. The van der Waals surface area contributed by atoms with E-state index in [0.717, 1.165) is 18.4 Å². The van der Waals surface area contributed by atoms with Crippen LogP contribution in [0.1, 0.15) is 44.6 Å². The van der Waals surface area contributed by atoms with E-state index in [1.165, 1.54) is 17.7 Å². The van der Waals surface area contributed by atoms with E-state index in [1.54, 1.807) is 0 Å². The third-order valence-corrected chi connectivity index (χ3v) is 4.02. The van der Waals surface area contributed by atoms with Crippen LogP contribution in [0.2, 0.25) is 0 Å². The Morgan fingerprint density at radius 2 is 2.13 bits per heavy atom. The lowest BCUT2D eigenvalue weighted by molar-refractivity contribution is -0.132. The molecule has 1 aromatic carbocycles. The zero-order valence-electron chi connectivity index (χ0n) is 13.7. The second kappa shape index (κ2) is 9.13. The van der Waals surface area contributed by atoms with Crippen molar-refractivity contribution in [3.8, 4) is 0 Å². The van der Waals surface area contributed by atoms with Gasteiger partial charge in [-0.1, -0.05) is 62.2 Å². The molecule has 0 radical (unpaired) electrons. The van der Waals surface area contributed by atoms with E-state index < -0.39 is 6.09 Å². The Kier molecular flexibility index (Phi) is 6.85. The molecule has 23 heavy (non-hydrogen) atoms. The SMILES string of the molecule is CCCC/C=C/C1CCN(C(=O)OCc2ccccc2)C(=O)C1. The molecule has 2 amide bonds. The summed E-state index contributed by atoms with van der Waals surface area (Å²) in [6, 6.07) is 9.48. The van der Waals surface area contributed by atoms with Crippen LogP contribution in [-0.4, -0.2) is 23.4 Å². The number of rotatable bonds is 6.